The van der Waals surface area contributed by atoms with Gasteiger partial charge in [-0.3, -0.25) is 9.78 Å². The number of amides is 1. The molecule has 0 spiro atoms. The number of carbonyl (C=O) groups excluding carboxylic acids is 1. The van der Waals surface area contributed by atoms with Crippen molar-refractivity contribution in [3.05, 3.63) is 77.8 Å². The van der Waals surface area contributed by atoms with Crippen LogP contribution in [0.4, 0.5) is 11.5 Å². The van der Waals surface area contributed by atoms with E-state index in [4.69, 9.17) is 21.1 Å². The van der Waals surface area contributed by atoms with E-state index in [9.17, 15) is 4.79 Å². The van der Waals surface area contributed by atoms with E-state index in [1.807, 2.05) is 24.3 Å². The normalized spacial score (nSPS) is 10.3. The van der Waals surface area contributed by atoms with Gasteiger partial charge >= 0.3 is 0 Å². The van der Waals surface area contributed by atoms with Crippen LogP contribution in [0.15, 0.2) is 67.3 Å². The van der Waals surface area contributed by atoms with Crippen molar-refractivity contribution in [3.8, 4) is 23.3 Å². The number of methoxy groups -OCH3 is 1. The highest BCUT2D eigenvalue weighted by Crippen LogP contribution is 2.33. The van der Waals surface area contributed by atoms with Crippen molar-refractivity contribution >= 4 is 39.9 Å². The zero-order valence-corrected chi connectivity index (χ0v) is 19.0. The molecule has 0 radical (unpaired) electrons. The van der Waals surface area contributed by atoms with E-state index in [1.54, 1.807) is 36.7 Å². The molecular weight excluding hydrogens is 454 g/mol. The lowest BCUT2D eigenvalue weighted by molar-refractivity contribution is -0.124. The topological polar surface area (TPSA) is 98.3 Å². The number of carbonyl (C=O) groups is 1. The van der Waals surface area contributed by atoms with Crippen LogP contribution in [0.2, 0.25) is 5.02 Å². The third-order valence-electron chi connectivity index (χ3n) is 4.57. The average molecular weight is 474 g/mol. The Morgan fingerprint density at radius 3 is 2.85 bits per heavy atom. The number of pyridine rings is 1. The molecule has 0 aliphatic carbocycles. The number of fused-ring (bicyclic) bond motifs is 1. The van der Waals surface area contributed by atoms with Gasteiger partial charge in [0.05, 0.1) is 23.3 Å². The molecule has 2 N–H and O–H groups in total. The monoisotopic (exact) mass is 473 g/mol. The Morgan fingerprint density at radius 1 is 1.15 bits per heavy atom. The van der Waals surface area contributed by atoms with Gasteiger partial charge in [-0.2, -0.15) is 0 Å². The second-order valence-corrected chi connectivity index (χ2v) is 7.43. The zero-order valence-electron chi connectivity index (χ0n) is 18.2. The van der Waals surface area contributed by atoms with Crippen LogP contribution < -0.4 is 15.4 Å². The van der Waals surface area contributed by atoms with Crippen LogP contribution in [0.3, 0.4) is 0 Å². The van der Waals surface area contributed by atoms with Crippen molar-refractivity contribution in [1.29, 1.82) is 0 Å². The summed E-state index contributed by atoms with van der Waals surface area (Å²) >= 11 is 6.43. The minimum atomic E-state index is -0.217. The van der Waals surface area contributed by atoms with Gasteiger partial charge in [-0.05, 0) is 48.5 Å². The lowest BCUT2D eigenvalue weighted by Crippen LogP contribution is -2.27. The minimum absolute atomic E-state index is 0.00457. The van der Waals surface area contributed by atoms with Crippen LogP contribution in [0.25, 0.3) is 10.9 Å². The molecule has 34 heavy (non-hydrogen) atoms. The van der Waals surface area contributed by atoms with Crippen LogP contribution in [0, 0.1) is 11.8 Å². The second-order valence-electron chi connectivity index (χ2n) is 7.03. The van der Waals surface area contributed by atoms with Crippen molar-refractivity contribution in [1.82, 2.24) is 20.3 Å². The molecule has 170 valence electrons. The molecular formula is C25H20ClN5O3. The van der Waals surface area contributed by atoms with Crippen molar-refractivity contribution in [2.75, 3.05) is 25.6 Å². The van der Waals surface area contributed by atoms with Crippen molar-refractivity contribution in [2.24, 2.45) is 0 Å². The first-order chi connectivity index (χ1) is 16.6. The highest BCUT2D eigenvalue weighted by molar-refractivity contribution is 6.32. The van der Waals surface area contributed by atoms with Gasteiger partial charge in [-0.15, -0.1) is 0 Å². The van der Waals surface area contributed by atoms with Gasteiger partial charge in [0.15, 0.2) is 0 Å². The van der Waals surface area contributed by atoms with Crippen molar-refractivity contribution in [3.63, 3.8) is 0 Å². The summed E-state index contributed by atoms with van der Waals surface area (Å²) in [5.41, 5.74) is 2.27. The summed E-state index contributed by atoms with van der Waals surface area (Å²) in [6, 6.07) is 14.6. The number of nitrogens with zero attached hydrogens (tertiary/aromatic N) is 3. The molecule has 0 fully saturated rings. The van der Waals surface area contributed by atoms with Crippen LogP contribution in [0.1, 0.15) is 5.56 Å². The number of anilines is 2. The largest absolute Gasteiger partial charge is 0.454 e. The molecule has 0 atom stereocenters. The van der Waals surface area contributed by atoms with Gasteiger partial charge in [0.1, 0.15) is 30.3 Å². The Bertz CT molecular complexity index is 1370. The van der Waals surface area contributed by atoms with Crippen LogP contribution in [0.5, 0.6) is 11.5 Å². The predicted molar refractivity (Wildman–Crippen MR) is 130 cm³/mol. The fourth-order valence-electron chi connectivity index (χ4n) is 3.04. The standard InChI is InChI=1S/C25H20ClN5O3/c1-33-15-24(32)28-11-2-4-17-6-8-22-20(12-17)25(30-16-29-22)31-18-7-9-23(21(26)13-18)34-19-5-3-10-27-14-19/h3,5-10,12-14,16H,11,15H2,1H3,(H,28,32)(H,29,30,31). The number of hydrogen-bond donors (Lipinski definition) is 2. The van der Waals surface area contributed by atoms with E-state index in [-0.39, 0.29) is 19.1 Å². The molecule has 0 unspecified atom stereocenters. The first-order valence-electron chi connectivity index (χ1n) is 10.3. The summed E-state index contributed by atoms with van der Waals surface area (Å²) in [7, 11) is 1.46. The molecule has 9 heteroatoms. The number of hydrogen-bond acceptors (Lipinski definition) is 7. The first-order valence-corrected chi connectivity index (χ1v) is 10.6. The fourth-order valence-corrected chi connectivity index (χ4v) is 3.26. The van der Waals surface area contributed by atoms with Crippen molar-refractivity contribution < 1.29 is 14.3 Å². The lowest BCUT2D eigenvalue weighted by Gasteiger charge is -2.11. The van der Waals surface area contributed by atoms with E-state index in [1.165, 1.54) is 13.4 Å². The smallest absolute Gasteiger partial charge is 0.246 e. The molecule has 4 aromatic rings. The van der Waals surface area contributed by atoms with E-state index in [0.29, 0.717) is 22.3 Å². The number of benzene rings is 2. The lowest BCUT2D eigenvalue weighted by atomic mass is 10.1. The minimum Gasteiger partial charge on any atom is -0.454 e. The average Bonchev–Trinajstić information content (AvgIpc) is 2.85. The summed E-state index contributed by atoms with van der Waals surface area (Å²) in [5.74, 6) is 7.46. The van der Waals surface area contributed by atoms with E-state index in [0.717, 1.165) is 22.2 Å². The molecule has 4 rings (SSSR count). The van der Waals surface area contributed by atoms with Gasteiger partial charge in [-0.1, -0.05) is 23.4 Å². The summed E-state index contributed by atoms with van der Waals surface area (Å²) in [4.78, 5) is 24.2. The third kappa shape index (κ3) is 5.98. The molecule has 8 nitrogen and oxygen atoms in total. The van der Waals surface area contributed by atoms with Gasteiger partial charge in [0.25, 0.3) is 0 Å². The fraction of sp³-hybridized carbons (Fsp3) is 0.120. The molecule has 0 saturated carbocycles. The van der Waals surface area contributed by atoms with Crippen LogP contribution >= 0.6 is 11.6 Å². The summed E-state index contributed by atoms with van der Waals surface area (Å²) in [6.45, 7) is 0.229. The highest BCUT2D eigenvalue weighted by atomic mass is 35.5. The molecule has 0 saturated heterocycles. The number of halogens is 1. The summed E-state index contributed by atoms with van der Waals surface area (Å²) in [6.07, 6.45) is 4.78. The third-order valence-corrected chi connectivity index (χ3v) is 4.87. The van der Waals surface area contributed by atoms with Gasteiger partial charge in [0.2, 0.25) is 5.91 Å². The Balaban J connectivity index is 1.51. The maximum atomic E-state index is 11.4. The summed E-state index contributed by atoms with van der Waals surface area (Å²) in [5, 5.41) is 7.17. The maximum Gasteiger partial charge on any atom is 0.246 e. The second kappa shape index (κ2) is 11.1. The molecule has 2 heterocycles. The Labute approximate surface area is 201 Å². The Morgan fingerprint density at radius 2 is 2.06 bits per heavy atom. The Kier molecular flexibility index (Phi) is 7.50. The van der Waals surface area contributed by atoms with Crippen LogP contribution in [-0.4, -0.2) is 41.1 Å². The number of aromatic nitrogens is 3. The molecule has 1 amide bonds. The predicted octanol–water partition coefficient (Wildman–Crippen LogP) is 4.33. The molecule has 2 aromatic carbocycles. The molecule has 2 aromatic heterocycles. The Hall–Kier alpha value is -4.19. The maximum absolute atomic E-state index is 11.4. The highest BCUT2D eigenvalue weighted by Gasteiger charge is 2.08. The van der Waals surface area contributed by atoms with Gasteiger partial charge in [0, 0.05) is 29.9 Å². The molecule has 0 aliphatic heterocycles. The number of nitrogens with one attached hydrogen (secondary N) is 2. The van der Waals surface area contributed by atoms with E-state index < -0.39 is 0 Å². The van der Waals surface area contributed by atoms with Gasteiger partial charge in [-0.25, -0.2) is 9.97 Å². The van der Waals surface area contributed by atoms with E-state index >= 15 is 0 Å². The molecule has 0 bridgehead atoms. The van der Waals surface area contributed by atoms with Crippen molar-refractivity contribution in [2.45, 2.75) is 0 Å². The number of rotatable bonds is 7. The SMILES string of the molecule is COCC(=O)NCC#Cc1ccc2ncnc(Nc3ccc(Oc4cccnc4)c(Cl)c3)c2c1. The zero-order chi connectivity index (χ0) is 23.8. The summed E-state index contributed by atoms with van der Waals surface area (Å²) < 4.78 is 10.5. The van der Waals surface area contributed by atoms with Gasteiger partial charge < -0.3 is 20.1 Å². The molecule has 0 aliphatic rings. The van der Waals surface area contributed by atoms with E-state index in [2.05, 4.69) is 37.4 Å². The number of ether oxygens (including phenoxy) is 2. The first kappa shape index (κ1) is 23.0. The van der Waals surface area contributed by atoms with Crippen LogP contribution in [-0.2, 0) is 9.53 Å². The quantitative estimate of drug-likeness (QED) is 0.385.